The first-order chi connectivity index (χ1) is 10.2. The van der Waals surface area contributed by atoms with Gasteiger partial charge in [0.25, 0.3) is 0 Å². The van der Waals surface area contributed by atoms with Gasteiger partial charge in [0, 0.05) is 5.56 Å². The van der Waals surface area contributed by atoms with Gasteiger partial charge in [-0.15, -0.1) is 0 Å². The Morgan fingerprint density at radius 1 is 1.19 bits per heavy atom. The maximum Gasteiger partial charge on any atom is 0.193 e. The van der Waals surface area contributed by atoms with Crippen molar-refractivity contribution < 1.29 is 13.9 Å². The molecule has 5 heteroatoms. The van der Waals surface area contributed by atoms with Gasteiger partial charge in [-0.3, -0.25) is 0 Å². The maximum atomic E-state index is 5.91. The summed E-state index contributed by atoms with van der Waals surface area (Å²) in [4.78, 5) is 0. The zero-order valence-corrected chi connectivity index (χ0v) is 13.2. The molecule has 2 aromatic rings. The summed E-state index contributed by atoms with van der Waals surface area (Å²) < 4.78 is 16.4. The molecule has 1 aromatic heterocycles. The SMILES string of the molecule is CCCNC(c1ccc(Cl)o1)c1cc(OC)ccc1OC. The Balaban J connectivity index is 2.44. The molecule has 0 saturated heterocycles. The Morgan fingerprint density at radius 3 is 2.57 bits per heavy atom. The molecule has 114 valence electrons. The van der Waals surface area contributed by atoms with Gasteiger partial charge in [-0.05, 0) is 54.9 Å². The van der Waals surface area contributed by atoms with Gasteiger partial charge in [0.05, 0.1) is 20.3 Å². The van der Waals surface area contributed by atoms with E-state index in [0.29, 0.717) is 5.22 Å². The Morgan fingerprint density at radius 2 is 2.00 bits per heavy atom. The number of ether oxygens (including phenoxy) is 2. The molecule has 0 aliphatic carbocycles. The molecule has 0 radical (unpaired) electrons. The number of hydrogen-bond donors (Lipinski definition) is 1. The monoisotopic (exact) mass is 309 g/mol. The Labute approximate surface area is 130 Å². The highest BCUT2D eigenvalue weighted by Gasteiger charge is 2.21. The van der Waals surface area contributed by atoms with Crippen LogP contribution in [0.3, 0.4) is 0 Å². The molecule has 0 spiro atoms. The van der Waals surface area contributed by atoms with Crippen molar-refractivity contribution in [3.63, 3.8) is 0 Å². The standard InChI is InChI=1S/C16H20ClNO3/c1-4-9-18-16(14-7-8-15(17)21-14)12-10-11(19-2)5-6-13(12)20-3/h5-8,10,16,18H,4,9H2,1-3H3. The van der Waals surface area contributed by atoms with Gasteiger partial charge in [0.2, 0.25) is 0 Å². The second-order valence-corrected chi connectivity index (χ2v) is 5.01. The van der Waals surface area contributed by atoms with Crippen LogP contribution in [0.15, 0.2) is 34.7 Å². The molecule has 1 N–H and O–H groups in total. The first kappa shape index (κ1) is 15.7. The second kappa shape index (κ2) is 7.38. The Bertz CT molecular complexity index is 583. The van der Waals surface area contributed by atoms with Gasteiger partial charge in [0.1, 0.15) is 17.3 Å². The van der Waals surface area contributed by atoms with E-state index in [1.165, 1.54) is 0 Å². The van der Waals surface area contributed by atoms with Crippen molar-refractivity contribution in [2.24, 2.45) is 0 Å². The van der Waals surface area contributed by atoms with E-state index < -0.39 is 0 Å². The van der Waals surface area contributed by atoms with Crippen molar-refractivity contribution in [2.45, 2.75) is 19.4 Å². The summed E-state index contributed by atoms with van der Waals surface area (Å²) in [6.45, 7) is 2.96. The molecule has 0 aliphatic rings. The number of halogens is 1. The van der Waals surface area contributed by atoms with E-state index in [2.05, 4.69) is 12.2 Å². The molecule has 21 heavy (non-hydrogen) atoms. The van der Waals surface area contributed by atoms with Crippen LogP contribution in [0.1, 0.15) is 30.7 Å². The van der Waals surface area contributed by atoms with E-state index in [1.54, 1.807) is 20.3 Å². The van der Waals surface area contributed by atoms with Gasteiger partial charge >= 0.3 is 0 Å². The van der Waals surface area contributed by atoms with E-state index in [0.717, 1.165) is 35.8 Å². The number of nitrogens with one attached hydrogen (secondary N) is 1. The van der Waals surface area contributed by atoms with Crippen LogP contribution in [0.25, 0.3) is 0 Å². The van der Waals surface area contributed by atoms with Crippen LogP contribution in [-0.2, 0) is 0 Å². The summed E-state index contributed by atoms with van der Waals surface area (Å²) in [5.74, 6) is 2.30. The predicted molar refractivity (Wildman–Crippen MR) is 83.4 cm³/mol. The quantitative estimate of drug-likeness (QED) is 0.838. The number of furan rings is 1. The largest absolute Gasteiger partial charge is 0.497 e. The van der Waals surface area contributed by atoms with E-state index in [1.807, 2.05) is 24.3 Å². The number of benzene rings is 1. The van der Waals surface area contributed by atoms with Crippen LogP contribution in [-0.4, -0.2) is 20.8 Å². The third-order valence-electron chi connectivity index (χ3n) is 3.22. The van der Waals surface area contributed by atoms with Crippen molar-refractivity contribution in [1.82, 2.24) is 5.32 Å². The Hall–Kier alpha value is -1.65. The van der Waals surface area contributed by atoms with E-state index in [-0.39, 0.29) is 6.04 Å². The topological polar surface area (TPSA) is 43.6 Å². The molecule has 0 bridgehead atoms. The number of methoxy groups -OCH3 is 2. The zero-order chi connectivity index (χ0) is 15.2. The summed E-state index contributed by atoms with van der Waals surface area (Å²) in [7, 11) is 3.29. The van der Waals surface area contributed by atoms with Crippen LogP contribution in [0, 0.1) is 0 Å². The van der Waals surface area contributed by atoms with Gasteiger partial charge in [-0.25, -0.2) is 0 Å². The molecule has 4 nitrogen and oxygen atoms in total. The Kier molecular flexibility index (Phi) is 5.53. The van der Waals surface area contributed by atoms with Crippen LogP contribution in [0.5, 0.6) is 11.5 Å². The minimum Gasteiger partial charge on any atom is -0.497 e. The third kappa shape index (κ3) is 3.71. The fourth-order valence-corrected chi connectivity index (χ4v) is 2.35. The highest BCUT2D eigenvalue weighted by atomic mass is 35.5. The average molecular weight is 310 g/mol. The van der Waals surface area contributed by atoms with E-state index in [4.69, 9.17) is 25.5 Å². The lowest BCUT2D eigenvalue weighted by molar-refractivity contribution is 0.384. The van der Waals surface area contributed by atoms with E-state index >= 15 is 0 Å². The molecule has 0 fully saturated rings. The third-order valence-corrected chi connectivity index (χ3v) is 3.43. The van der Waals surface area contributed by atoms with Crippen molar-refractivity contribution in [3.8, 4) is 11.5 Å². The van der Waals surface area contributed by atoms with Crippen LogP contribution in [0.4, 0.5) is 0 Å². The molecule has 1 unspecified atom stereocenters. The maximum absolute atomic E-state index is 5.91. The van der Waals surface area contributed by atoms with Gasteiger partial charge < -0.3 is 19.2 Å². The molecule has 2 rings (SSSR count). The van der Waals surface area contributed by atoms with Crippen molar-refractivity contribution in [3.05, 3.63) is 46.9 Å². The van der Waals surface area contributed by atoms with Gasteiger partial charge in [-0.2, -0.15) is 0 Å². The van der Waals surface area contributed by atoms with Gasteiger partial charge in [-0.1, -0.05) is 6.92 Å². The van der Waals surface area contributed by atoms with Crippen molar-refractivity contribution >= 4 is 11.6 Å². The smallest absolute Gasteiger partial charge is 0.193 e. The molecule has 0 amide bonds. The van der Waals surface area contributed by atoms with Crippen LogP contribution >= 0.6 is 11.6 Å². The lowest BCUT2D eigenvalue weighted by atomic mass is 10.0. The lowest BCUT2D eigenvalue weighted by Crippen LogP contribution is -2.23. The minimum absolute atomic E-state index is 0.137. The lowest BCUT2D eigenvalue weighted by Gasteiger charge is -2.20. The van der Waals surface area contributed by atoms with Gasteiger partial charge in [0.15, 0.2) is 5.22 Å². The summed E-state index contributed by atoms with van der Waals surface area (Å²) >= 11 is 5.91. The molecular formula is C16H20ClNO3. The summed E-state index contributed by atoms with van der Waals surface area (Å²) in [6.07, 6.45) is 1.01. The molecule has 1 heterocycles. The highest BCUT2D eigenvalue weighted by Crippen LogP contribution is 2.34. The first-order valence-electron chi connectivity index (χ1n) is 6.90. The summed E-state index contributed by atoms with van der Waals surface area (Å²) in [5, 5.41) is 3.82. The normalized spacial score (nSPS) is 12.2. The summed E-state index contributed by atoms with van der Waals surface area (Å²) in [6, 6.07) is 9.18. The molecule has 0 aliphatic heterocycles. The average Bonchev–Trinajstić information content (AvgIpc) is 2.93. The fraction of sp³-hybridized carbons (Fsp3) is 0.375. The molecule has 0 saturated carbocycles. The van der Waals surface area contributed by atoms with Crippen LogP contribution < -0.4 is 14.8 Å². The summed E-state index contributed by atoms with van der Waals surface area (Å²) in [5.41, 5.74) is 0.955. The first-order valence-corrected chi connectivity index (χ1v) is 7.28. The fourth-order valence-electron chi connectivity index (χ4n) is 2.20. The molecular weight excluding hydrogens is 290 g/mol. The van der Waals surface area contributed by atoms with Crippen molar-refractivity contribution in [1.29, 1.82) is 0 Å². The predicted octanol–water partition coefficient (Wildman–Crippen LogP) is 4.04. The van der Waals surface area contributed by atoms with Crippen molar-refractivity contribution in [2.75, 3.05) is 20.8 Å². The second-order valence-electron chi connectivity index (χ2n) is 4.64. The van der Waals surface area contributed by atoms with E-state index in [9.17, 15) is 0 Å². The molecule has 1 aromatic carbocycles. The molecule has 1 atom stereocenters. The zero-order valence-electron chi connectivity index (χ0n) is 12.5. The highest BCUT2D eigenvalue weighted by molar-refractivity contribution is 6.28. The number of hydrogen-bond acceptors (Lipinski definition) is 4. The number of rotatable bonds is 7. The van der Waals surface area contributed by atoms with Crippen LogP contribution in [0.2, 0.25) is 5.22 Å². The minimum atomic E-state index is -0.137.